The summed E-state index contributed by atoms with van der Waals surface area (Å²) in [6.07, 6.45) is 2.01. The number of carbonyl (C=O) groups is 1. The van der Waals surface area contributed by atoms with Crippen molar-refractivity contribution in [3.05, 3.63) is 76.8 Å². The Balaban J connectivity index is 1.41. The van der Waals surface area contributed by atoms with E-state index < -0.39 is 0 Å². The summed E-state index contributed by atoms with van der Waals surface area (Å²) < 4.78 is 14.4. The quantitative estimate of drug-likeness (QED) is 0.573. The van der Waals surface area contributed by atoms with Gasteiger partial charge < -0.3 is 9.80 Å². The molecule has 160 valence electrons. The molecule has 1 saturated heterocycles. The lowest BCUT2D eigenvalue weighted by Crippen LogP contribution is -2.50. The van der Waals surface area contributed by atoms with Gasteiger partial charge >= 0.3 is 0 Å². The van der Waals surface area contributed by atoms with Gasteiger partial charge in [-0.3, -0.25) is 9.59 Å². The Morgan fingerprint density at radius 2 is 1.65 bits per heavy atom. The number of nitrogens with zero attached hydrogens (tertiary/aromatic N) is 4. The number of aromatic nitrogens is 2. The molecule has 0 N–H and O–H groups in total. The minimum absolute atomic E-state index is 0.0912. The van der Waals surface area contributed by atoms with Crippen molar-refractivity contribution >= 4 is 23.4 Å². The molecule has 1 aliphatic heterocycles. The second-order valence-corrected chi connectivity index (χ2v) is 8.17. The molecule has 0 atom stereocenters. The Labute approximate surface area is 184 Å². The first-order chi connectivity index (χ1) is 15.0. The highest BCUT2D eigenvalue weighted by atomic mass is 32.2. The summed E-state index contributed by atoms with van der Waals surface area (Å²) in [5.74, 6) is -0.402. The van der Waals surface area contributed by atoms with Crippen LogP contribution < -0.4 is 10.5 Å². The maximum Gasteiger partial charge on any atom is 0.267 e. The molecule has 4 rings (SSSR count). The summed E-state index contributed by atoms with van der Waals surface area (Å²) in [5, 5.41) is 4.41. The molecule has 31 heavy (non-hydrogen) atoms. The first-order valence-corrected chi connectivity index (χ1v) is 11.3. The van der Waals surface area contributed by atoms with Gasteiger partial charge in [-0.2, -0.15) is 5.10 Å². The number of hydrogen-bond donors (Lipinski definition) is 0. The topological polar surface area (TPSA) is 58.4 Å². The fraction of sp³-hybridized carbons (Fsp3) is 0.261. The first kappa shape index (κ1) is 21.1. The van der Waals surface area contributed by atoms with Crippen LogP contribution in [0.15, 0.2) is 70.4 Å². The highest BCUT2D eigenvalue weighted by Gasteiger charge is 2.22. The van der Waals surface area contributed by atoms with E-state index in [0.29, 0.717) is 31.9 Å². The molecule has 1 aliphatic rings. The zero-order chi connectivity index (χ0) is 21.8. The zero-order valence-electron chi connectivity index (χ0n) is 17.2. The second kappa shape index (κ2) is 9.34. The number of carbonyl (C=O) groups excluding carboxylic acids is 1. The first-order valence-electron chi connectivity index (χ1n) is 10.0. The summed E-state index contributed by atoms with van der Waals surface area (Å²) in [4.78, 5) is 30.1. The predicted octanol–water partition coefficient (Wildman–Crippen LogP) is 3.12. The van der Waals surface area contributed by atoms with Crippen LogP contribution in [0, 0.1) is 5.82 Å². The van der Waals surface area contributed by atoms with Crippen LogP contribution in [0.1, 0.15) is 0 Å². The van der Waals surface area contributed by atoms with Gasteiger partial charge in [-0.1, -0.05) is 12.1 Å². The largest absolute Gasteiger partial charge is 0.368 e. The molecule has 0 radical (unpaired) electrons. The highest BCUT2D eigenvalue weighted by Crippen LogP contribution is 2.21. The smallest absolute Gasteiger partial charge is 0.267 e. The summed E-state index contributed by atoms with van der Waals surface area (Å²) in [6.45, 7) is 2.30. The number of anilines is 1. The SMILES string of the molecule is CSc1ccc(-c2ccc(=O)n(CC(=O)N3CCN(c4ccc(F)cc4)CC3)n2)cc1. The van der Waals surface area contributed by atoms with Crippen molar-refractivity contribution in [1.82, 2.24) is 14.7 Å². The van der Waals surface area contributed by atoms with Crippen LogP contribution in [0.4, 0.5) is 10.1 Å². The molecule has 0 spiro atoms. The van der Waals surface area contributed by atoms with Crippen LogP contribution in [-0.2, 0) is 11.3 Å². The molecule has 1 amide bonds. The van der Waals surface area contributed by atoms with Crippen LogP contribution in [0.5, 0.6) is 0 Å². The fourth-order valence-electron chi connectivity index (χ4n) is 3.57. The van der Waals surface area contributed by atoms with Gasteiger partial charge in [0.05, 0.1) is 5.69 Å². The van der Waals surface area contributed by atoms with Crippen LogP contribution in [0.2, 0.25) is 0 Å². The third kappa shape index (κ3) is 4.96. The molecule has 0 unspecified atom stereocenters. The molecule has 2 heterocycles. The lowest BCUT2D eigenvalue weighted by molar-refractivity contribution is -0.132. The van der Waals surface area contributed by atoms with Gasteiger partial charge in [0, 0.05) is 48.4 Å². The maximum atomic E-state index is 13.1. The van der Waals surface area contributed by atoms with Gasteiger partial charge in [-0.25, -0.2) is 9.07 Å². The molecule has 6 nitrogen and oxygen atoms in total. The minimum Gasteiger partial charge on any atom is -0.368 e. The molecule has 1 fully saturated rings. The molecule has 0 bridgehead atoms. The predicted molar refractivity (Wildman–Crippen MR) is 121 cm³/mol. The van der Waals surface area contributed by atoms with Crippen molar-refractivity contribution in [1.29, 1.82) is 0 Å². The Hall–Kier alpha value is -3.13. The Morgan fingerprint density at radius 3 is 2.29 bits per heavy atom. The third-order valence-corrected chi connectivity index (χ3v) is 6.11. The van der Waals surface area contributed by atoms with Crippen LogP contribution in [0.3, 0.4) is 0 Å². The van der Waals surface area contributed by atoms with E-state index in [2.05, 4.69) is 10.00 Å². The number of hydrogen-bond acceptors (Lipinski definition) is 5. The number of halogens is 1. The Bertz CT molecular complexity index is 1110. The van der Waals surface area contributed by atoms with E-state index in [1.807, 2.05) is 30.5 Å². The molecule has 2 aromatic carbocycles. The lowest BCUT2D eigenvalue weighted by atomic mass is 10.1. The molecular weight excluding hydrogens is 415 g/mol. The van der Waals surface area contributed by atoms with Gasteiger partial charge in [0.2, 0.25) is 5.91 Å². The van der Waals surface area contributed by atoms with Crippen molar-refractivity contribution in [2.24, 2.45) is 0 Å². The average molecular weight is 439 g/mol. The van der Waals surface area contributed by atoms with Crippen LogP contribution in [-0.4, -0.2) is 53.0 Å². The zero-order valence-corrected chi connectivity index (χ0v) is 18.0. The minimum atomic E-state index is -0.303. The standard InChI is InChI=1S/C23H23FN4O2S/c1-31-20-8-2-17(3-9-20)21-10-11-22(29)28(25-21)16-23(30)27-14-12-26(13-15-27)19-6-4-18(24)5-7-19/h2-11H,12-16H2,1H3. The van der Waals surface area contributed by atoms with Gasteiger partial charge in [0.15, 0.2) is 0 Å². The van der Waals surface area contributed by atoms with Gasteiger partial charge in [0.1, 0.15) is 12.4 Å². The van der Waals surface area contributed by atoms with E-state index in [0.717, 1.165) is 16.1 Å². The number of thioether (sulfide) groups is 1. The van der Waals surface area contributed by atoms with E-state index in [9.17, 15) is 14.0 Å². The van der Waals surface area contributed by atoms with Crippen molar-refractivity contribution in [3.63, 3.8) is 0 Å². The van der Waals surface area contributed by atoms with E-state index in [-0.39, 0.29) is 23.8 Å². The number of benzene rings is 2. The number of rotatable bonds is 5. The summed E-state index contributed by atoms with van der Waals surface area (Å²) in [7, 11) is 0. The Kier molecular flexibility index (Phi) is 6.36. The highest BCUT2D eigenvalue weighted by molar-refractivity contribution is 7.98. The molecule has 0 aliphatic carbocycles. The normalized spacial score (nSPS) is 14.0. The van der Waals surface area contributed by atoms with Crippen molar-refractivity contribution in [2.45, 2.75) is 11.4 Å². The van der Waals surface area contributed by atoms with E-state index in [1.54, 1.807) is 34.9 Å². The number of amides is 1. The van der Waals surface area contributed by atoms with E-state index in [4.69, 9.17) is 0 Å². The van der Waals surface area contributed by atoms with E-state index in [1.165, 1.54) is 22.9 Å². The van der Waals surface area contributed by atoms with Crippen molar-refractivity contribution < 1.29 is 9.18 Å². The fourth-order valence-corrected chi connectivity index (χ4v) is 3.98. The van der Waals surface area contributed by atoms with Gasteiger partial charge in [0.25, 0.3) is 5.56 Å². The lowest BCUT2D eigenvalue weighted by Gasteiger charge is -2.36. The summed E-state index contributed by atoms with van der Waals surface area (Å²) >= 11 is 1.66. The van der Waals surface area contributed by atoms with Crippen molar-refractivity contribution in [2.75, 3.05) is 37.3 Å². The van der Waals surface area contributed by atoms with E-state index >= 15 is 0 Å². The van der Waals surface area contributed by atoms with Crippen molar-refractivity contribution in [3.8, 4) is 11.3 Å². The van der Waals surface area contributed by atoms with Gasteiger partial charge in [-0.05, 0) is 48.7 Å². The molecule has 0 saturated carbocycles. The maximum absolute atomic E-state index is 13.1. The molecule has 1 aromatic heterocycles. The van der Waals surface area contributed by atoms with Crippen LogP contribution in [0.25, 0.3) is 11.3 Å². The van der Waals surface area contributed by atoms with Crippen LogP contribution >= 0.6 is 11.8 Å². The van der Waals surface area contributed by atoms with Gasteiger partial charge in [-0.15, -0.1) is 11.8 Å². The average Bonchev–Trinajstić information content (AvgIpc) is 2.81. The second-order valence-electron chi connectivity index (χ2n) is 7.29. The summed E-state index contributed by atoms with van der Waals surface area (Å²) in [6, 6.07) is 17.4. The third-order valence-electron chi connectivity index (χ3n) is 5.36. The molecular formula is C23H23FN4O2S. The molecule has 3 aromatic rings. The molecule has 8 heteroatoms. The monoisotopic (exact) mass is 438 g/mol. The Morgan fingerprint density at radius 1 is 0.968 bits per heavy atom. The number of piperazine rings is 1. The summed E-state index contributed by atoms with van der Waals surface area (Å²) in [5.41, 5.74) is 2.18.